The van der Waals surface area contributed by atoms with Crippen LogP contribution in [0.3, 0.4) is 0 Å². The van der Waals surface area contributed by atoms with Gasteiger partial charge in [0.15, 0.2) is 6.61 Å². The van der Waals surface area contributed by atoms with E-state index in [0.29, 0.717) is 0 Å². The van der Waals surface area contributed by atoms with Crippen LogP contribution >= 0.6 is 0 Å². The number of ether oxygens (including phenoxy) is 1. The highest BCUT2D eigenvalue weighted by Gasteiger charge is 2.15. The molecule has 140 valence electrons. The van der Waals surface area contributed by atoms with Gasteiger partial charge in [0.05, 0.1) is 17.0 Å². The van der Waals surface area contributed by atoms with Gasteiger partial charge < -0.3 is 10.1 Å². The minimum atomic E-state index is -3.90. The van der Waals surface area contributed by atoms with Gasteiger partial charge in [-0.15, -0.1) is 6.42 Å². The smallest absolute Gasteiger partial charge is 0.338 e. The van der Waals surface area contributed by atoms with Crippen molar-refractivity contribution in [3.05, 3.63) is 59.9 Å². The minimum absolute atomic E-state index is 0.0271. The van der Waals surface area contributed by atoms with Gasteiger partial charge in [0, 0.05) is 5.69 Å². The monoisotopic (exact) mass is 390 g/mol. The second-order valence-electron chi connectivity index (χ2n) is 5.19. The highest BCUT2D eigenvalue weighted by atomic mass is 32.2. The fourth-order valence-electron chi connectivity index (χ4n) is 1.92. The fourth-order valence-corrected chi connectivity index (χ4v) is 2.98. The molecule has 27 heavy (non-hydrogen) atoms. The lowest BCUT2D eigenvalue weighted by molar-refractivity contribution is -0.123. The van der Waals surface area contributed by atoms with Gasteiger partial charge in [0.25, 0.3) is 15.9 Å². The summed E-state index contributed by atoms with van der Waals surface area (Å²) in [6, 6.07) is 9.73. The Kier molecular flexibility index (Phi) is 6.51. The van der Waals surface area contributed by atoms with Crippen LogP contribution in [0.4, 0.5) is 10.1 Å². The summed E-state index contributed by atoms with van der Waals surface area (Å²) in [7, 11) is -3.90. The zero-order valence-electron chi connectivity index (χ0n) is 13.9. The molecule has 2 aromatic rings. The molecule has 7 nitrogen and oxygen atoms in total. The number of sulfonamides is 1. The Labute approximate surface area is 155 Å². The molecule has 0 saturated carbocycles. The molecule has 9 heteroatoms. The summed E-state index contributed by atoms with van der Waals surface area (Å²) in [5.74, 6) is 0.371. The van der Waals surface area contributed by atoms with E-state index in [9.17, 15) is 22.4 Å². The Morgan fingerprint density at radius 3 is 2.30 bits per heavy atom. The van der Waals surface area contributed by atoms with Crippen molar-refractivity contribution in [3.8, 4) is 12.3 Å². The largest absolute Gasteiger partial charge is 0.452 e. The average Bonchev–Trinajstić information content (AvgIpc) is 2.65. The Balaban J connectivity index is 1.98. The Hall–Kier alpha value is -3.38. The summed E-state index contributed by atoms with van der Waals surface area (Å²) >= 11 is 0. The number of terminal acetylenes is 1. The zero-order chi connectivity index (χ0) is 19.9. The first kappa shape index (κ1) is 19.9. The maximum Gasteiger partial charge on any atom is 0.338 e. The van der Waals surface area contributed by atoms with Gasteiger partial charge in [-0.05, 0) is 48.5 Å². The minimum Gasteiger partial charge on any atom is -0.452 e. The third-order valence-electron chi connectivity index (χ3n) is 3.22. The van der Waals surface area contributed by atoms with Gasteiger partial charge in [-0.1, -0.05) is 5.92 Å². The van der Waals surface area contributed by atoms with E-state index in [0.717, 1.165) is 24.3 Å². The summed E-state index contributed by atoms with van der Waals surface area (Å²) in [6.45, 7) is -0.460. The number of hydrogen-bond acceptors (Lipinski definition) is 5. The molecule has 0 atom stereocenters. The number of hydrogen-bond donors (Lipinski definition) is 2. The normalized spacial score (nSPS) is 10.5. The lowest BCUT2D eigenvalue weighted by Crippen LogP contribution is -2.28. The van der Waals surface area contributed by atoms with E-state index in [4.69, 9.17) is 11.2 Å². The molecule has 0 saturated heterocycles. The Morgan fingerprint density at radius 2 is 1.70 bits per heavy atom. The molecule has 0 unspecified atom stereocenters. The van der Waals surface area contributed by atoms with Gasteiger partial charge in [0.1, 0.15) is 5.82 Å². The van der Waals surface area contributed by atoms with Crippen LogP contribution in [0.15, 0.2) is 53.4 Å². The van der Waals surface area contributed by atoms with Crippen LogP contribution in [0.25, 0.3) is 0 Å². The first-order valence-electron chi connectivity index (χ1n) is 7.57. The van der Waals surface area contributed by atoms with Crippen LogP contribution in [0.1, 0.15) is 10.4 Å². The van der Waals surface area contributed by atoms with Crippen molar-refractivity contribution in [2.24, 2.45) is 0 Å². The van der Waals surface area contributed by atoms with Crippen LogP contribution < -0.4 is 10.0 Å². The molecule has 0 aliphatic heterocycles. The van der Waals surface area contributed by atoms with Crippen molar-refractivity contribution >= 4 is 27.6 Å². The van der Waals surface area contributed by atoms with E-state index in [2.05, 4.69) is 16.0 Å². The quantitative estimate of drug-likeness (QED) is 0.552. The van der Waals surface area contributed by atoms with Crippen molar-refractivity contribution in [2.45, 2.75) is 4.90 Å². The summed E-state index contributed by atoms with van der Waals surface area (Å²) in [4.78, 5) is 23.1. The second kappa shape index (κ2) is 8.82. The molecule has 0 spiro atoms. The van der Waals surface area contributed by atoms with Crippen molar-refractivity contribution < 1.29 is 27.1 Å². The van der Waals surface area contributed by atoms with Crippen LogP contribution in [0.2, 0.25) is 0 Å². The van der Waals surface area contributed by atoms with E-state index < -0.39 is 34.3 Å². The SMILES string of the molecule is C#CCNC(=O)COC(=O)c1ccc(NS(=O)(=O)c2ccc(F)cc2)cc1. The van der Waals surface area contributed by atoms with Gasteiger partial charge in [0.2, 0.25) is 0 Å². The number of anilines is 1. The maximum absolute atomic E-state index is 12.9. The molecule has 1 amide bonds. The molecule has 0 aliphatic rings. The predicted molar refractivity (Wildman–Crippen MR) is 95.8 cm³/mol. The number of amides is 1. The van der Waals surface area contributed by atoms with E-state index in [-0.39, 0.29) is 22.7 Å². The highest BCUT2D eigenvalue weighted by Crippen LogP contribution is 2.17. The molecule has 0 aliphatic carbocycles. The van der Waals surface area contributed by atoms with Crippen molar-refractivity contribution in [2.75, 3.05) is 17.9 Å². The van der Waals surface area contributed by atoms with Crippen LogP contribution in [0, 0.1) is 18.2 Å². The molecular formula is C18H15FN2O5S. The molecule has 2 N–H and O–H groups in total. The third-order valence-corrected chi connectivity index (χ3v) is 4.62. The summed E-state index contributed by atoms with van der Waals surface area (Å²) < 4.78 is 44.4. The molecular weight excluding hydrogens is 375 g/mol. The highest BCUT2D eigenvalue weighted by molar-refractivity contribution is 7.92. The number of halogens is 1. The maximum atomic E-state index is 12.9. The summed E-state index contributed by atoms with van der Waals surface area (Å²) in [5, 5.41) is 2.34. The first-order valence-corrected chi connectivity index (χ1v) is 9.06. The summed E-state index contributed by atoms with van der Waals surface area (Å²) in [5.41, 5.74) is 0.326. The average molecular weight is 390 g/mol. The van der Waals surface area contributed by atoms with Gasteiger partial charge in [-0.2, -0.15) is 0 Å². The lowest BCUT2D eigenvalue weighted by Gasteiger charge is -2.09. The number of rotatable bonds is 7. The zero-order valence-corrected chi connectivity index (χ0v) is 14.8. The number of carbonyl (C=O) groups is 2. The van der Waals surface area contributed by atoms with Crippen LogP contribution in [-0.2, 0) is 19.6 Å². The van der Waals surface area contributed by atoms with E-state index in [1.165, 1.54) is 24.3 Å². The lowest BCUT2D eigenvalue weighted by atomic mass is 10.2. The van der Waals surface area contributed by atoms with Crippen molar-refractivity contribution in [3.63, 3.8) is 0 Å². The number of esters is 1. The molecule has 2 rings (SSSR count). The van der Waals surface area contributed by atoms with Crippen LogP contribution in [-0.4, -0.2) is 33.4 Å². The van der Waals surface area contributed by atoms with Crippen molar-refractivity contribution in [1.82, 2.24) is 5.32 Å². The van der Waals surface area contributed by atoms with Gasteiger partial charge in [-0.3, -0.25) is 9.52 Å². The number of benzene rings is 2. The molecule has 0 heterocycles. The first-order chi connectivity index (χ1) is 12.8. The second-order valence-corrected chi connectivity index (χ2v) is 6.88. The molecule has 0 radical (unpaired) electrons. The van der Waals surface area contributed by atoms with E-state index >= 15 is 0 Å². The predicted octanol–water partition coefficient (Wildman–Crippen LogP) is 1.53. The van der Waals surface area contributed by atoms with E-state index in [1.54, 1.807) is 0 Å². The van der Waals surface area contributed by atoms with Gasteiger partial charge >= 0.3 is 5.97 Å². The third kappa shape index (κ3) is 5.83. The van der Waals surface area contributed by atoms with E-state index in [1.807, 2.05) is 0 Å². The summed E-state index contributed by atoms with van der Waals surface area (Å²) in [6.07, 6.45) is 4.99. The number of carbonyl (C=O) groups excluding carboxylic acids is 2. The topological polar surface area (TPSA) is 102 Å². The Bertz CT molecular complexity index is 964. The van der Waals surface area contributed by atoms with Gasteiger partial charge in [-0.25, -0.2) is 17.6 Å². The molecule has 0 fully saturated rings. The molecule has 0 bridgehead atoms. The Morgan fingerprint density at radius 1 is 1.07 bits per heavy atom. The standard InChI is InChI=1S/C18H15FN2O5S/c1-2-11-20-17(22)12-26-18(23)13-3-7-15(8-4-13)21-27(24,25)16-9-5-14(19)6-10-16/h1,3-10,21H,11-12H2,(H,20,22). The van der Waals surface area contributed by atoms with Crippen molar-refractivity contribution in [1.29, 1.82) is 0 Å². The fraction of sp³-hybridized carbons (Fsp3) is 0.111. The molecule has 0 aromatic heterocycles. The molecule has 2 aromatic carbocycles. The number of nitrogens with one attached hydrogen (secondary N) is 2. The van der Waals surface area contributed by atoms with Crippen LogP contribution in [0.5, 0.6) is 0 Å².